The predicted octanol–water partition coefficient (Wildman–Crippen LogP) is 2.76. The van der Waals surface area contributed by atoms with E-state index in [1.54, 1.807) is 0 Å². The van der Waals surface area contributed by atoms with Crippen LogP contribution in [0.1, 0.15) is 31.4 Å². The Hall–Kier alpha value is -1.55. The minimum atomic E-state index is 0.487. The van der Waals surface area contributed by atoms with Crippen LogP contribution in [0.25, 0.3) is 0 Å². The molecule has 0 aromatic heterocycles. The molecule has 0 amide bonds. The zero-order chi connectivity index (χ0) is 15.0. The summed E-state index contributed by atoms with van der Waals surface area (Å²) in [6, 6.07) is 6.21. The molecule has 0 saturated carbocycles. The fourth-order valence-electron chi connectivity index (χ4n) is 2.06. The molecule has 20 heavy (non-hydrogen) atoms. The Morgan fingerprint density at radius 3 is 2.55 bits per heavy atom. The lowest BCUT2D eigenvalue weighted by Gasteiger charge is -2.18. The van der Waals surface area contributed by atoms with Crippen LogP contribution in [-0.4, -0.2) is 37.0 Å². The third-order valence-corrected chi connectivity index (χ3v) is 3.46. The van der Waals surface area contributed by atoms with Crippen molar-refractivity contribution in [3.63, 3.8) is 0 Å². The monoisotopic (exact) mass is 276 g/mol. The standard InChI is InChI=1S/C16H28N4/c1-5-10-20(6-2)11-9-18-16(17)19-15-8-7-13(3)14(4)12-15/h7-8,12H,5-6,9-11H2,1-4H3,(H3,17,18,19). The Kier molecular flexibility index (Phi) is 7.09. The van der Waals surface area contributed by atoms with Crippen molar-refractivity contribution in [3.05, 3.63) is 29.3 Å². The lowest BCUT2D eigenvalue weighted by atomic mass is 10.1. The summed E-state index contributed by atoms with van der Waals surface area (Å²) in [5.74, 6) is 0.487. The molecule has 0 spiro atoms. The number of nitrogens with one attached hydrogen (secondary N) is 1. The molecule has 0 aliphatic heterocycles. The van der Waals surface area contributed by atoms with Crippen LogP contribution in [0.4, 0.5) is 5.69 Å². The van der Waals surface area contributed by atoms with Crippen LogP contribution >= 0.6 is 0 Å². The van der Waals surface area contributed by atoms with Gasteiger partial charge in [0.1, 0.15) is 0 Å². The summed E-state index contributed by atoms with van der Waals surface area (Å²) < 4.78 is 0. The molecule has 0 bridgehead atoms. The maximum absolute atomic E-state index is 5.92. The second-order valence-corrected chi connectivity index (χ2v) is 5.13. The van der Waals surface area contributed by atoms with Crippen LogP contribution in [0.3, 0.4) is 0 Å². The van der Waals surface area contributed by atoms with E-state index in [9.17, 15) is 0 Å². The normalized spacial score (nSPS) is 11.9. The summed E-state index contributed by atoms with van der Waals surface area (Å²) in [7, 11) is 0. The first kappa shape index (κ1) is 16.5. The van der Waals surface area contributed by atoms with Crippen molar-refractivity contribution in [1.82, 2.24) is 4.90 Å². The lowest BCUT2D eigenvalue weighted by molar-refractivity contribution is 0.297. The molecule has 0 atom stereocenters. The average Bonchev–Trinajstić information content (AvgIpc) is 2.42. The zero-order valence-corrected chi connectivity index (χ0v) is 13.2. The fourth-order valence-corrected chi connectivity index (χ4v) is 2.06. The Bertz CT molecular complexity index is 440. The highest BCUT2D eigenvalue weighted by Gasteiger charge is 2.00. The fraction of sp³-hybridized carbons (Fsp3) is 0.562. The molecule has 4 heteroatoms. The first-order valence-electron chi connectivity index (χ1n) is 7.43. The SMILES string of the molecule is CCCN(CC)CCN=C(N)Nc1ccc(C)c(C)c1. The minimum absolute atomic E-state index is 0.487. The predicted molar refractivity (Wildman–Crippen MR) is 88.4 cm³/mol. The van der Waals surface area contributed by atoms with Gasteiger partial charge < -0.3 is 16.0 Å². The lowest BCUT2D eigenvalue weighted by Crippen LogP contribution is -2.29. The van der Waals surface area contributed by atoms with Gasteiger partial charge in [-0.25, -0.2) is 0 Å². The molecule has 0 unspecified atom stereocenters. The number of hydrogen-bond donors (Lipinski definition) is 2. The third kappa shape index (κ3) is 5.61. The molecule has 0 radical (unpaired) electrons. The number of hydrogen-bond acceptors (Lipinski definition) is 2. The van der Waals surface area contributed by atoms with Crippen molar-refractivity contribution in [2.75, 3.05) is 31.5 Å². The smallest absolute Gasteiger partial charge is 0.193 e. The first-order chi connectivity index (χ1) is 9.56. The van der Waals surface area contributed by atoms with Crippen LogP contribution in [0.15, 0.2) is 23.2 Å². The molecule has 4 nitrogen and oxygen atoms in total. The number of guanidine groups is 1. The summed E-state index contributed by atoms with van der Waals surface area (Å²) >= 11 is 0. The molecule has 112 valence electrons. The third-order valence-electron chi connectivity index (χ3n) is 3.46. The van der Waals surface area contributed by atoms with Crippen molar-refractivity contribution < 1.29 is 0 Å². The van der Waals surface area contributed by atoms with Crippen LogP contribution in [-0.2, 0) is 0 Å². The van der Waals surface area contributed by atoms with Crippen molar-refractivity contribution in [2.24, 2.45) is 10.7 Å². The van der Waals surface area contributed by atoms with E-state index in [4.69, 9.17) is 5.73 Å². The van der Waals surface area contributed by atoms with Crippen LogP contribution in [0.5, 0.6) is 0 Å². The van der Waals surface area contributed by atoms with Gasteiger partial charge in [0.2, 0.25) is 0 Å². The number of aliphatic imine (C=N–C) groups is 1. The molecule has 1 aromatic rings. The number of aryl methyl sites for hydroxylation is 2. The highest BCUT2D eigenvalue weighted by atomic mass is 15.1. The quantitative estimate of drug-likeness (QED) is 0.595. The molecule has 0 fully saturated rings. The summed E-state index contributed by atoms with van der Waals surface area (Å²) in [4.78, 5) is 6.76. The molecule has 0 heterocycles. The van der Waals surface area contributed by atoms with Gasteiger partial charge in [-0.2, -0.15) is 0 Å². The van der Waals surface area contributed by atoms with E-state index < -0.39 is 0 Å². The van der Waals surface area contributed by atoms with E-state index >= 15 is 0 Å². The van der Waals surface area contributed by atoms with E-state index in [0.717, 1.165) is 31.9 Å². The largest absolute Gasteiger partial charge is 0.370 e. The van der Waals surface area contributed by atoms with Gasteiger partial charge >= 0.3 is 0 Å². The van der Waals surface area contributed by atoms with Gasteiger partial charge in [0.15, 0.2) is 5.96 Å². The van der Waals surface area contributed by atoms with Crippen LogP contribution < -0.4 is 11.1 Å². The number of rotatable bonds is 7. The highest BCUT2D eigenvalue weighted by Crippen LogP contribution is 2.13. The average molecular weight is 276 g/mol. The van der Waals surface area contributed by atoms with Gasteiger partial charge in [-0.05, 0) is 56.6 Å². The van der Waals surface area contributed by atoms with Gasteiger partial charge in [0, 0.05) is 12.2 Å². The second-order valence-electron chi connectivity index (χ2n) is 5.13. The summed E-state index contributed by atoms with van der Waals surface area (Å²) in [5, 5.41) is 3.14. The van der Waals surface area contributed by atoms with Gasteiger partial charge in [0.05, 0.1) is 6.54 Å². The highest BCUT2D eigenvalue weighted by molar-refractivity contribution is 5.92. The molecule has 1 rings (SSSR count). The molecular formula is C16H28N4. The molecule has 3 N–H and O–H groups in total. The maximum atomic E-state index is 5.92. The number of nitrogens with zero attached hydrogens (tertiary/aromatic N) is 2. The minimum Gasteiger partial charge on any atom is -0.370 e. The number of benzene rings is 1. The Morgan fingerprint density at radius 2 is 1.95 bits per heavy atom. The number of nitrogens with two attached hydrogens (primary N) is 1. The van der Waals surface area contributed by atoms with Gasteiger partial charge in [-0.1, -0.05) is 19.9 Å². The van der Waals surface area contributed by atoms with E-state index in [2.05, 4.69) is 55.0 Å². The van der Waals surface area contributed by atoms with E-state index in [1.807, 2.05) is 6.07 Å². The van der Waals surface area contributed by atoms with E-state index in [-0.39, 0.29) is 0 Å². The Balaban J connectivity index is 2.46. The van der Waals surface area contributed by atoms with Crippen LogP contribution in [0, 0.1) is 13.8 Å². The Labute approximate surface area is 123 Å². The molecule has 0 saturated heterocycles. The van der Waals surface area contributed by atoms with Gasteiger partial charge in [0.25, 0.3) is 0 Å². The second kappa shape index (κ2) is 8.59. The van der Waals surface area contributed by atoms with Gasteiger partial charge in [-0.3, -0.25) is 4.99 Å². The number of likely N-dealkylation sites (N-methyl/N-ethyl adjacent to an activating group) is 1. The van der Waals surface area contributed by atoms with Crippen LogP contribution in [0.2, 0.25) is 0 Å². The molecule has 0 aliphatic carbocycles. The zero-order valence-electron chi connectivity index (χ0n) is 13.2. The maximum Gasteiger partial charge on any atom is 0.193 e. The summed E-state index contributed by atoms with van der Waals surface area (Å²) in [5.41, 5.74) is 9.45. The van der Waals surface area contributed by atoms with Crippen molar-refractivity contribution in [2.45, 2.75) is 34.1 Å². The van der Waals surface area contributed by atoms with E-state index in [1.165, 1.54) is 17.5 Å². The van der Waals surface area contributed by atoms with Crippen molar-refractivity contribution >= 4 is 11.6 Å². The molecule has 1 aromatic carbocycles. The molecular weight excluding hydrogens is 248 g/mol. The Morgan fingerprint density at radius 1 is 1.20 bits per heavy atom. The van der Waals surface area contributed by atoms with Crippen molar-refractivity contribution in [1.29, 1.82) is 0 Å². The summed E-state index contributed by atoms with van der Waals surface area (Å²) in [6.45, 7) is 12.4. The first-order valence-corrected chi connectivity index (χ1v) is 7.43. The van der Waals surface area contributed by atoms with E-state index in [0.29, 0.717) is 5.96 Å². The van der Waals surface area contributed by atoms with Gasteiger partial charge in [-0.15, -0.1) is 0 Å². The van der Waals surface area contributed by atoms with Crippen molar-refractivity contribution in [3.8, 4) is 0 Å². The topological polar surface area (TPSA) is 53.6 Å². The molecule has 0 aliphatic rings. The summed E-state index contributed by atoms with van der Waals surface area (Å²) in [6.07, 6.45) is 1.17. The number of anilines is 1.